The first-order chi connectivity index (χ1) is 10.8. The van der Waals surface area contributed by atoms with Crippen LogP contribution in [0.3, 0.4) is 0 Å². The summed E-state index contributed by atoms with van der Waals surface area (Å²) >= 11 is 0. The van der Waals surface area contributed by atoms with Crippen molar-refractivity contribution in [1.29, 1.82) is 0 Å². The molecule has 1 aromatic heterocycles. The number of rotatable bonds is 5. The van der Waals surface area contributed by atoms with Crippen molar-refractivity contribution >= 4 is 5.91 Å². The quantitative estimate of drug-likeness (QED) is 0.825. The standard InChI is InChI=1S/C15H19N5O2/c21-15(7-4-8-20-12-16-17-18-20)19-9-10-22-14(11-19)13-5-2-1-3-6-13/h1-3,5-6,12,14H,4,7-11H2/t14-/m1/s1. The first-order valence-corrected chi connectivity index (χ1v) is 7.48. The lowest BCUT2D eigenvalue weighted by molar-refractivity contribution is -0.139. The fourth-order valence-corrected chi connectivity index (χ4v) is 2.58. The molecule has 3 rings (SSSR count). The van der Waals surface area contributed by atoms with Gasteiger partial charge in [-0.05, 0) is 22.4 Å². The van der Waals surface area contributed by atoms with Gasteiger partial charge in [0.1, 0.15) is 12.4 Å². The molecule has 0 spiro atoms. The monoisotopic (exact) mass is 301 g/mol. The summed E-state index contributed by atoms with van der Waals surface area (Å²) < 4.78 is 7.42. The second kappa shape index (κ2) is 7.13. The fourth-order valence-electron chi connectivity index (χ4n) is 2.58. The maximum absolute atomic E-state index is 12.3. The van der Waals surface area contributed by atoms with Gasteiger partial charge in [-0.25, -0.2) is 4.68 Å². The van der Waals surface area contributed by atoms with E-state index in [0.29, 0.717) is 32.7 Å². The minimum Gasteiger partial charge on any atom is -0.370 e. The van der Waals surface area contributed by atoms with E-state index in [-0.39, 0.29) is 12.0 Å². The molecule has 22 heavy (non-hydrogen) atoms. The third-order valence-corrected chi connectivity index (χ3v) is 3.76. The number of carbonyl (C=O) groups excluding carboxylic acids is 1. The number of carbonyl (C=O) groups is 1. The van der Waals surface area contributed by atoms with Gasteiger partial charge >= 0.3 is 0 Å². The molecule has 0 bridgehead atoms. The second-order valence-electron chi connectivity index (χ2n) is 5.29. The highest BCUT2D eigenvalue weighted by molar-refractivity contribution is 5.76. The molecule has 1 amide bonds. The zero-order valence-electron chi connectivity index (χ0n) is 12.3. The maximum atomic E-state index is 12.3. The molecule has 0 N–H and O–H groups in total. The summed E-state index contributed by atoms with van der Waals surface area (Å²) in [4.78, 5) is 14.2. The molecule has 2 heterocycles. The highest BCUT2D eigenvalue weighted by atomic mass is 16.5. The van der Waals surface area contributed by atoms with Crippen LogP contribution in [0.4, 0.5) is 0 Å². The van der Waals surface area contributed by atoms with E-state index in [0.717, 1.165) is 12.0 Å². The summed E-state index contributed by atoms with van der Waals surface area (Å²) in [6.07, 6.45) is 2.77. The molecular weight excluding hydrogens is 282 g/mol. The first-order valence-electron chi connectivity index (χ1n) is 7.48. The summed E-state index contributed by atoms with van der Waals surface area (Å²) in [7, 11) is 0. The number of morpholine rings is 1. The van der Waals surface area contributed by atoms with Gasteiger partial charge in [0.25, 0.3) is 0 Å². The maximum Gasteiger partial charge on any atom is 0.222 e. The Balaban J connectivity index is 1.49. The third kappa shape index (κ3) is 3.67. The van der Waals surface area contributed by atoms with E-state index < -0.39 is 0 Å². The molecular formula is C15H19N5O2. The Labute approximate surface area is 128 Å². The van der Waals surface area contributed by atoms with Crippen molar-refractivity contribution in [3.63, 3.8) is 0 Å². The number of hydrogen-bond donors (Lipinski definition) is 0. The molecule has 1 aliphatic rings. The van der Waals surface area contributed by atoms with Gasteiger partial charge in [-0.3, -0.25) is 4.79 Å². The average Bonchev–Trinajstić information content (AvgIpc) is 3.09. The Morgan fingerprint density at radius 3 is 2.95 bits per heavy atom. The summed E-state index contributed by atoms with van der Waals surface area (Å²) in [5.74, 6) is 0.164. The largest absolute Gasteiger partial charge is 0.370 e. The van der Waals surface area contributed by atoms with Crippen LogP contribution in [0.5, 0.6) is 0 Å². The highest BCUT2D eigenvalue weighted by Gasteiger charge is 2.24. The van der Waals surface area contributed by atoms with Crippen LogP contribution < -0.4 is 0 Å². The number of ether oxygens (including phenoxy) is 1. The first kappa shape index (κ1) is 14.6. The number of aromatic nitrogens is 4. The van der Waals surface area contributed by atoms with E-state index in [9.17, 15) is 4.79 Å². The van der Waals surface area contributed by atoms with Crippen molar-refractivity contribution in [3.05, 3.63) is 42.2 Å². The van der Waals surface area contributed by atoms with Crippen molar-refractivity contribution < 1.29 is 9.53 Å². The van der Waals surface area contributed by atoms with Crippen molar-refractivity contribution in [2.45, 2.75) is 25.5 Å². The predicted molar refractivity (Wildman–Crippen MR) is 78.8 cm³/mol. The van der Waals surface area contributed by atoms with Gasteiger partial charge < -0.3 is 9.64 Å². The summed E-state index contributed by atoms with van der Waals surface area (Å²) in [6.45, 7) is 2.52. The number of hydrogen-bond acceptors (Lipinski definition) is 5. The number of amides is 1. The molecule has 1 aliphatic heterocycles. The van der Waals surface area contributed by atoms with E-state index in [1.165, 1.54) is 0 Å². The van der Waals surface area contributed by atoms with E-state index in [2.05, 4.69) is 15.5 Å². The number of tetrazole rings is 1. The summed E-state index contributed by atoms with van der Waals surface area (Å²) in [5, 5.41) is 10.9. The van der Waals surface area contributed by atoms with Crippen LogP contribution in [0.25, 0.3) is 0 Å². The van der Waals surface area contributed by atoms with Crippen LogP contribution in [0, 0.1) is 0 Å². The number of benzene rings is 1. The van der Waals surface area contributed by atoms with Crippen molar-refractivity contribution in [2.24, 2.45) is 0 Å². The number of nitrogens with zero attached hydrogens (tertiary/aromatic N) is 5. The lowest BCUT2D eigenvalue weighted by Crippen LogP contribution is -2.42. The Morgan fingerprint density at radius 2 is 2.18 bits per heavy atom. The smallest absolute Gasteiger partial charge is 0.222 e. The zero-order valence-corrected chi connectivity index (χ0v) is 12.3. The van der Waals surface area contributed by atoms with Gasteiger partial charge in [0, 0.05) is 19.5 Å². The second-order valence-corrected chi connectivity index (χ2v) is 5.29. The molecule has 7 nitrogen and oxygen atoms in total. The Hall–Kier alpha value is -2.28. The van der Waals surface area contributed by atoms with Gasteiger partial charge in [0.2, 0.25) is 5.91 Å². The minimum atomic E-state index is -0.0292. The lowest BCUT2D eigenvalue weighted by Gasteiger charge is -2.33. The molecule has 1 saturated heterocycles. The molecule has 116 valence electrons. The normalized spacial score (nSPS) is 18.4. The van der Waals surface area contributed by atoms with Gasteiger partial charge in [-0.2, -0.15) is 0 Å². The molecule has 0 aliphatic carbocycles. The zero-order chi connectivity index (χ0) is 15.2. The van der Waals surface area contributed by atoms with Crippen LogP contribution in [0.1, 0.15) is 24.5 Å². The van der Waals surface area contributed by atoms with Gasteiger partial charge in [-0.15, -0.1) is 5.10 Å². The molecule has 1 atom stereocenters. The minimum absolute atomic E-state index is 0.0292. The number of aryl methyl sites for hydroxylation is 1. The SMILES string of the molecule is O=C(CCCn1cnnn1)N1CCO[C@@H](c2ccccc2)C1. The van der Waals surface area contributed by atoms with Crippen molar-refractivity contribution in [2.75, 3.05) is 19.7 Å². The van der Waals surface area contributed by atoms with E-state index >= 15 is 0 Å². The Morgan fingerprint density at radius 1 is 1.32 bits per heavy atom. The molecule has 0 unspecified atom stereocenters. The topological polar surface area (TPSA) is 73.1 Å². The van der Waals surface area contributed by atoms with Gasteiger partial charge in [0.15, 0.2) is 0 Å². The van der Waals surface area contributed by atoms with E-state index in [1.807, 2.05) is 35.2 Å². The highest BCUT2D eigenvalue weighted by Crippen LogP contribution is 2.22. The molecule has 0 saturated carbocycles. The Bertz CT molecular complexity index is 587. The van der Waals surface area contributed by atoms with Crippen LogP contribution in [0.2, 0.25) is 0 Å². The van der Waals surface area contributed by atoms with E-state index in [1.54, 1.807) is 11.0 Å². The predicted octanol–water partition coefficient (Wildman–Crippen LogP) is 1.05. The van der Waals surface area contributed by atoms with Gasteiger partial charge in [-0.1, -0.05) is 30.3 Å². The van der Waals surface area contributed by atoms with Crippen LogP contribution in [-0.2, 0) is 16.1 Å². The summed E-state index contributed by atoms with van der Waals surface area (Å²) in [5.41, 5.74) is 1.12. The van der Waals surface area contributed by atoms with Crippen LogP contribution in [0.15, 0.2) is 36.7 Å². The molecule has 1 fully saturated rings. The van der Waals surface area contributed by atoms with Gasteiger partial charge in [0.05, 0.1) is 13.2 Å². The van der Waals surface area contributed by atoms with Crippen molar-refractivity contribution in [1.82, 2.24) is 25.1 Å². The lowest BCUT2D eigenvalue weighted by atomic mass is 10.1. The average molecular weight is 301 g/mol. The molecule has 0 radical (unpaired) electrons. The van der Waals surface area contributed by atoms with Crippen molar-refractivity contribution in [3.8, 4) is 0 Å². The Kier molecular flexibility index (Phi) is 4.75. The molecule has 2 aromatic rings. The van der Waals surface area contributed by atoms with E-state index in [4.69, 9.17) is 4.74 Å². The molecule has 1 aromatic carbocycles. The third-order valence-electron chi connectivity index (χ3n) is 3.76. The molecule has 7 heteroatoms. The summed E-state index contributed by atoms with van der Waals surface area (Å²) in [6, 6.07) is 10.0. The van der Waals surface area contributed by atoms with Crippen LogP contribution >= 0.6 is 0 Å². The van der Waals surface area contributed by atoms with Crippen LogP contribution in [-0.4, -0.2) is 50.7 Å². The fraction of sp³-hybridized carbons (Fsp3) is 0.467.